The predicted molar refractivity (Wildman–Crippen MR) is 74.8 cm³/mol. The zero-order chi connectivity index (χ0) is 13.1. The highest BCUT2D eigenvalue weighted by molar-refractivity contribution is 5.69. The van der Waals surface area contributed by atoms with E-state index in [0.717, 1.165) is 11.4 Å². The minimum atomic E-state index is 0.549. The van der Waals surface area contributed by atoms with Crippen LogP contribution in [0.4, 0.5) is 17.1 Å². The van der Waals surface area contributed by atoms with Crippen molar-refractivity contribution in [3.05, 3.63) is 53.1 Å². The van der Waals surface area contributed by atoms with Gasteiger partial charge in [0.25, 0.3) is 0 Å². The lowest BCUT2D eigenvalue weighted by molar-refractivity contribution is 1.33. The third kappa shape index (κ3) is 2.44. The zero-order valence-corrected chi connectivity index (χ0v) is 10.5. The summed E-state index contributed by atoms with van der Waals surface area (Å²) in [5.41, 5.74) is 11.0. The average Bonchev–Trinajstić information content (AvgIpc) is 2.36. The van der Waals surface area contributed by atoms with Crippen molar-refractivity contribution in [3.8, 4) is 6.07 Å². The fourth-order valence-corrected chi connectivity index (χ4v) is 1.74. The highest BCUT2D eigenvalue weighted by Gasteiger charge is 2.03. The molecular weight excluding hydrogens is 222 g/mol. The number of hydrogen-bond acceptors (Lipinski definition) is 3. The third-order valence-electron chi connectivity index (χ3n) is 2.95. The maximum Gasteiger partial charge on any atom is 0.101 e. The molecule has 2 aromatic carbocycles. The van der Waals surface area contributed by atoms with Gasteiger partial charge in [0, 0.05) is 11.4 Å². The minimum Gasteiger partial charge on any atom is -0.399 e. The van der Waals surface area contributed by atoms with Crippen LogP contribution >= 0.6 is 0 Å². The first-order valence-electron chi connectivity index (χ1n) is 5.74. The Morgan fingerprint density at radius 2 is 1.83 bits per heavy atom. The van der Waals surface area contributed by atoms with Crippen LogP contribution in [0.15, 0.2) is 36.4 Å². The fourth-order valence-electron chi connectivity index (χ4n) is 1.74. The summed E-state index contributed by atoms with van der Waals surface area (Å²) in [7, 11) is 0. The molecular formula is C15H15N3. The molecule has 0 saturated carbocycles. The molecule has 90 valence electrons. The Kier molecular flexibility index (Phi) is 3.20. The molecule has 0 saturated heterocycles. The number of hydrogen-bond donors (Lipinski definition) is 2. The van der Waals surface area contributed by atoms with E-state index in [1.807, 2.05) is 12.1 Å². The lowest BCUT2D eigenvalue weighted by Gasteiger charge is -2.10. The molecule has 3 N–H and O–H groups in total. The van der Waals surface area contributed by atoms with E-state index in [1.165, 1.54) is 11.1 Å². The van der Waals surface area contributed by atoms with E-state index in [-0.39, 0.29) is 0 Å². The highest BCUT2D eigenvalue weighted by Crippen LogP contribution is 2.23. The molecule has 2 aromatic rings. The van der Waals surface area contributed by atoms with Crippen LogP contribution in [0.3, 0.4) is 0 Å². The molecule has 0 unspecified atom stereocenters. The Bertz CT molecular complexity index is 624. The summed E-state index contributed by atoms with van der Waals surface area (Å²) in [6.45, 7) is 4.14. The number of aryl methyl sites for hydroxylation is 2. The number of nitrogen functional groups attached to an aromatic ring is 1. The number of nitrogens with two attached hydrogens (primary N) is 1. The Hall–Kier alpha value is -2.47. The van der Waals surface area contributed by atoms with Gasteiger partial charge in [-0.25, -0.2) is 0 Å². The first-order chi connectivity index (χ1) is 8.60. The van der Waals surface area contributed by atoms with Gasteiger partial charge < -0.3 is 11.1 Å². The van der Waals surface area contributed by atoms with Gasteiger partial charge in [-0.05, 0) is 55.3 Å². The molecule has 0 aliphatic rings. The molecule has 2 rings (SSSR count). The second kappa shape index (κ2) is 4.80. The third-order valence-corrected chi connectivity index (χ3v) is 2.95. The molecule has 0 aliphatic heterocycles. The van der Waals surface area contributed by atoms with Crippen molar-refractivity contribution in [1.29, 1.82) is 5.26 Å². The zero-order valence-electron chi connectivity index (χ0n) is 10.5. The quantitative estimate of drug-likeness (QED) is 0.786. The average molecular weight is 237 g/mol. The fraction of sp³-hybridized carbons (Fsp3) is 0.133. The summed E-state index contributed by atoms with van der Waals surface area (Å²) >= 11 is 0. The van der Waals surface area contributed by atoms with Crippen LogP contribution in [0, 0.1) is 25.2 Å². The molecule has 0 aliphatic carbocycles. The van der Waals surface area contributed by atoms with Crippen molar-refractivity contribution in [1.82, 2.24) is 0 Å². The van der Waals surface area contributed by atoms with Crippen LogP contribution in [0.2, 0.25) is 0 Å². The SMILES string of the molecule is Cc1ccc(Nc2ccc(N)cc2C#N)cc1C. The molecule has 0 spiro atoms. The number of nitrogens with zero attached hydrogens (tertiary/aromatic N) is 1. The van der Waals surface area contributed by atoms with Crippen molar-refractivity contribution in [3.63, 3.8) is 0 Å². The van der Waals surface area contributed by atoms with Crippen molar-refractivity contribution >= 4 is 17.1 Å². The van der Waals surface area contributed by atoms with Gasteiger partial charge in [-0.15, -0.1) is 0 Å². The number of nitrogens with one attached hydrogen (secondary N) is 1. The number of rotatable bonds is 2. The topological polar surface area (TPSA) is 61.8 Å². The smallest absolute Gasteiger partial charge is 0.101 e. The first-order valence-corrected chi connectivity index (χ1v) is 5.74. The molecule has 0 fully saturated rings. The molecule has 0 radical (unpaired) electrons. The number of benzene rings is 2. The lowest BCUT2D eigenvalue weighted by atomic mass is 10.1. The van der Waals surface area contributed by atoms with Crippen molar-refractivity contribution in [2.45, 2.75) is 13.8 Å². The van der Waals surface area contributed by atoms with Gasteiger partial charge in [0.15, 0.2) is 0 Å². The van der Waals surface area contributed by atoms with Gasteiger partial charge in [-0.2, -0.15) is 5.26 Å². The summed E-state index contributed by atoms with van der Waals surface area (Å²) in [5, 5.41) is 12.3. The first kappa shape index (κ1) is 12.0. The van der Waals surface area contributed by atoms with Gasteiger partial charge >= 0.3 is 0 Å². The molecule has 0 bridgehead atoms. The Balaban J connectivity index is 2.34. The molecule has 0 aromatic heterocycles. The van der Waals surface area contributed by atoms with E-state index < -0.39 is 0 Å². The van der Waals surface area contributed by atoms with E-state index in [1.54, 1.807) is 12.1 Å². The largest absolute Gasteiger partial charge is 0.399 e. The lowest BCUT2D eigenvalue weighted by Crippen LogP contribution is -1.96. The van der Waals surface area contributed by atoms with E-state index in [4.69, 9.17) is 11.0 Å². The molecule has 3 nitrogen and oxygen atoms in total. The van der Waals surface area contributed by atoms with E-state index in [2.05, 4.69) is 37.4 Å². The Morgan fingerprint density at radius 1 is 1.06 bits per heavy atom. The van der Waals surface area contributed by atoms with Gasteiger partial charge in [0.05, 0.1) is 11.3 Å². The second-order valence-corrected chi connectivity index (χ2v) is 4.34. The molecule has 0 heterocycles. The van der Waals surface area contributed by atoms with Crippen molar-refractivity contribution in [2.24, 2.45) is 0 Å². The van der Waals surface area contributed by atoms with Crippen LogP contribution in [-0.2, 0) is 0 Å². The van der Waals surface area contributed by atoms with Crippen LogP contribution in [0.25, 0.3) is 0 Å². The minimum absolute atomic E-state index is 0.549. The second-order valence-electron chi connectivity index (χ2n) is 4.34. The summed E-state index contributed by atoms with van der Waals surface area (Å²) in [4.78, 5) is 0. The van der Waals surface area contributed by atoms with Gasteiger partial charge in [-0.3, -0.25) is 0 Å². The highest BCUT2D eigenvalue weighted by atomic mass is 14.9. The van der Waals surface area contributed by atoms with E-state index in [9.17, 15) is 0 Å². The Labute approximate surface area is 107 Å². The molecule has 18 heavy (non-hydrogen) atoms. The van der Waals surface area contributed by atoms with Crippen molar-refractivity contribution < 1.29 is 0 Å². The van der Waals surface area contributed by atoms with Crippen LogP contribution in [-0.4, -0.2) is 0 Å². The normalized spacial score (nSPS) is 9.83. The van der Waals surface area contributed by atoms with Crippen LogP contribution in [0.1, 0.15) is 16.7 Å². The Morgan fingerprint density at radius 3 is 2.50 bits per heavy atom. The van der Waals surface area contributed by atoms with E-state index in [0.29, 0.717) is 11.3 Å². The molecule has 0 amide bonds. The summed E-state index contributed by atoms with van der Waals surface area (Å²) < 4.78 is 0. The van der Waals surface area contributed by atoms with Crippen molar-refractivity contribution in [2.75, 3.05) is 11.1 Å². The monoisotopic (exact) mass is 237 g/mol. The van der Waals surface area contributed by atoms with Gasteiger partial charge in [0.2, 0.25) is 0 Å². The maximum absolute atomic E-state index is 9.07. The predicted octanol–water partition coefficient (Wildman–Crippen LogP) is 3.50. The van der Waals surface area contributed by atoms with Crippen LogP contribution < -0.4 is 11.1 Å². The van der Waals surface area contributed by atoms with Gasteiger partial charge in [-0.1, -0.05) is 6.07 Å². The number of anilines is 3. The van der Waals surface area contributed by atoms with Gasteiger partial charge in [0.1, 0.15) is 6.07 Å². The molecule has 0 atom stereocenters. The summed E-state index contributed by atoms with van der Waals surface area (Å²) in [5.74, 6) is 0. The number of nitriles is 1. The summed E-state index contributed by atoms with van der Waals surface area (Å²) in [6, 6.07) is 13.5. The van der Waals surface area contributed by atoms with E-state index >= 15 is 0 Å². The maximum atomic E-state index is 9.07. The van der Waals surface area contributed by atoms with Crippen LogP contribution in [0.5, 0.6) is 0 Å². The summed E-state index contributed by atoms with van der Waals surface area (Å²) in [6.07, 6.45) is 0. The standard InChI is InChI=1S/C15H15N3/c1-10-3-5-14(7-11(10)2)18-15-6-4-13(17)8-12(15)9-16/h3-8,18H,17H2,1-2H3. The molecule has 3 heteroatoms.